The van der Waals surface area contributed by atoms with Crippen molar-refractivity contribution in [1.82, 2.24) is 15.2 Å². The average Bonchev–Trinajstić information content (AvgIpc) is 2.73. The van der Waals surface area contributed by atoms with E-state index in [9.17, 15) is 4.79 Å². The fourth-order valence-corrected chi connectivity index (χ4v) is 2.48. The van der Waals surface area contributed by atoms with Crippen LogP contribution in [0.25, 0.3) is 0 Å². The Balaban J connectivity index is 0. The lowest BCUT2D eigenvalue weighted by atomic mass is 9.91. The van der Waals surface area contributed by atoms with E-state index in [2.05, 4.69) is 31.1 Å². The highest BCUT2D eigenvalue weighted by atomic mass is 35.5. The molecule has 0 spiro atoms. The molecule has 4 nitrogen and oxygen atoms in total. The summed E-state index contributed by atoms with van der Waals surface area (Å²) in [5.41, 5.74) is 2.55. The molecule has 1 amide bonds. The third-order valence-electron chi connectivity index (χ3n) is 2.52. The van der Waals surface area contributed by atoms with Gasteiger partial charge in [0.1, 0.15) is 4.88 Å². The van der Waals surface area contributed by atoms with Crippen LogP contribution in [0.1, 0.15) is 36.1 Å². The van der Waals surface area contributed by atoms with Gasteiger partial charge in [0.2, 0.25) is 0 Å². The first-order chi connectivity index (χ1) is 7.88. The normalized spacial score (nSPS) is 10.4. The second-order valence-corrected chi connectivity index (χ2v) is 5.97. The van der Waals surface area contributed by atoms with Crippen molar-refractivity contribution in [2.24, 2.45) is 0 Å². The van der Waals surface area contributed by atoms with Crippen molar-refractivity contribution in [3.05, 3.63) is 16.1 Å². The molecular formula is C12H23Cl2N3OS. The zero-order valence-corrected chi connectivity index (χ0v) is 14.5. The number of hydrogen-bond acceptors (Lipinski definition) is 4. The van der Waals surface area contributed by atoms with Crippen LogP contribution in [0.3, 0.4) is 0 Å². The third kappa shape index (κ3) is 5.65. The van der Waals surface area contributed by atoms with Crippen molar-refractivity contribution in [3.8, 4) is 0 Å². The fourth-order valence-electron chi connectivity index (χ4n) is 1.49. The van der Waals surface area contributed by atoms with Gasteiger partial charge in [-0.1, -0.05) is 20.8 Å². The van der Waals surface area contributed by atoms with Gasteiger partial charge in [-0.3, -0.25) is 4.79 Å². The second kappa shape index (κ2) is 8.74. The molecule has 1 rings (SSSR count). The first kappa shape index (κ1) is 20.9. The molecule has 0 aliphatic carbocycles. The van der Waals surface area contributed by atoms with Crippen LogP contribution in [0.15, 0.2) is 5.51 Å². The molecule has 7 heteroatoms. The minimum atomic E-state index is -0.0885. The molecule has 0 bridgehead atoms. The smallest absolute Gasteiger partial charge is 0.265 e. The lowest BCUT2D eigenvalue weighted by Crippen LogP contribution is -2.33. The van der Waals surface area contributed by atoms with Gasteiger partial charge in [0.15, 0.2) is 0 Å². The number of carbonyl (C=O) groups is 1. The minimum Gasteiger partial charge on any atom is -0.340 e. The third-order valence-corrected chi connectivity index (χ3v) is 3.33. The van der Waals surface area contributed by atoms with E-state index in [1.165, 1.54) is 11.3 Å². The van der Waals surface area contributed by atoms with E-state index in [4.69, 9.17) is 0 Å². The van der Waals surface area contributed by atoms with Crippen LogP contribution in [0.4, 0.5) is 0 Å². The summed E-state index contributed by atoms with van der Waals surface area (Å²) < 4.78 is 0. The van der Waals surface area contributed by atoms with E-state index in [1.54, 1.807) is 10.4 Å². The van der Waals surface area contributed by atoms with E-state index in [0.29, 0.717) is 6.54 Å². The Morgan fingerprint density at radius 1 is 1.42 bits per heavy atom. The maximum atomic E-state index is 12.2. The summed E-state index contributed by atoms with van der Waals surface area (Å²) in [6, 6.07) is 0. The van der Waals surface area contributed by atoms with E-state index in [0.717, 1.165) is 17.1 Å². The van der Waals surface area contributed by atoms with Crippen molar-refractivity contribution in [3.63, 3.8) is 0 Å². The van der Waals surface area contributed by atoms with E-state index < -0.39 is 0 Å². The summed E-state index contributed by atoms with van der Waals surface area (Å²) in [4.78, 5) is 19.1. The molecule has 0 aromatic carbocycles. The molecule has 0 atom stereocenters. The van der Waals surface area contributed by atoms with Crippen molar-refractivity contribution >= 4 is 42.1 Å². The van der Waals surface area contributed by atoms with Crippen LogP contribution in [-0.2, 0) is 5.41 Å². The lowest BCUT2D eigenvalue weighted by Gasteiger charge is -2.21. The molecular weight excluding hydrogens is 305 g/mol. The Kier molecular flexibility index (Phi) is 9.64. The summed E-state index contributed by atoms with van der Waals surface area (Å²) in [6.07, 6.45) is 0. The SMILES string of the molecule is CNCCN(C)C(=O)c1scnc1C(C)(C)C.Cl.Cl. The monoisotopic (exact) mass is 327 g/mol. The zero-order valence-electron chi connectivity index (χ0n) is 12.0. The van der Waals surface area contributed by atoms with Crippen molar-refractivity contribution in [2.45, 2.75) is 26.2 Å². The summed E-state index contributed by atoms with van der Waals surface area (Å²) >= 11 is 1.42. The number of likely N-dealkylation sites (N-methyl/N-ethyl adjacent to an activating group) is 2. The minimum absolute atomic E-state index is 0. The van der Waals surface area contributed by atoms with Gasteiger partial charge in [0.25, 0.3) is 5.91 Å². The molecule has 0 fully saturated rings. The Hall–Kier alpha value is -0.360. The highest BCUT2D eigenvalue weighted by Crippen LogP contribution is 2.27. The maximum Gasteiger partial charge on any atom is 0.265 e. The van der Waals surface area contributed by atoms with Crippen molar-refractivity contribution < 1.29 is 4.79 Å². The van der Waals surface area contributed by atoms with Gasteiger partial charge >= 0.3 is 0 Å². The van der Waals surface area contributed by atoms with Gasteiger partial charge in [-0.2, -0.15) is 0 Å². The molecule has 0 saturated heterocycles. The molecule has 0 unspecified atom stereocenters. The zero-order chi connectivity index (χ0) is 13.1. The van der Waals surface area contributed by atoms with Crippen LogP contribution >= 0.6 is 36.2 Å². The van der Waals surface area contributed by atoms with Crippen LogP contribution in [0.2, 0.25) is 0 Å². The van der Waals surface area contributed by atoms with Gasteiger partial charge < -0.3 is 10.2 Å². The van der Waals surface area contributed by atoms with E-state index in [-0.39, 0.29) is 36.1 Å². The lowest BCUT2D eigenvalue weighted by molar-refractivity contribution is 0.0799. The number of thiazole rings is 1. The number of nitrogens with one attached hydrogen (secondary N) is 1. The number of carbonyl (C=O) groups excluding carboxylic acids is 1. The summed E-state index contributed by atoms with van der Waals surface area (Å²) in [5.74, 6) is 0.0627. The van der Waals surface area contributed by atoms with Crippen LogP contribution in [0.5, 0.6) is 0 Å². The van der Waals surface area contributed by atoms with Gasteiger partial charge in [-0.15, -0.1) is 36.2 Å². The van der Waals surface area contributed by atoms with Crippen molar-refractivity contribution in [1.29, 1.82) is 0 Å². The van der Waals surface area contributed by atoms with Crippen molar-refractivity contribution in [2.75, 3.05) is 27.2 Å². The van der Waals surface area contributed by atoms with Gasteiger partial charge in [0.05, 0.1) is 11.2 Å². The average molecular weight is 328 g/mol. The summed E-state index contributed by atoms with van der Waals surface area (Å²) in [7, 11) is 3.71. The number of halogens is 2. The molecule has 0 saturated carbocycles. The van der Waals surface area contributed by atoms with E-state index >= 15 is 0 Å². The Labute approximate surface area is 131 Å². The summed E-state index contributed by atoms with van der Waals surface area (Å²) in [5, 5.41) is 3.04. The van der Waals surface area contributed by atoms with Crippen LogP contribution in [0, 0.1) is 0 Å². The predicted molar refractivity (Wildman–Crippen MR) is 86.2 cm³/mol. The molecule has 1 heterocycles. The number of rotatable bonds is 4. The number of aromatic nitrogens is 1. The van der Waals surface area contributed by atoms with Gasteiger partial charge in [-0.25, -0.2) is 4.98 Å². The molecule has 19 heavy (non-hydrogen) atoms. The molecule has 0 aliphatic heterocycles. The molecule has 112 valence electrons. The quantitative estimate of drug-likeness (QED) is 0.924. The first-order valence-corrected chi connectivity index (χ1v) is 6.60. The molecule has 0 radical (unpaired) electrons. The standard InChI is InChI=1S/C12H21N3OS.2ClH/c1-12(2,3)10-9(17-8-14-10)11(16)15(5)7-6-13-4;;/h8,13H,6-7H2,1-5H3;2*1H. The van der Waals surface area contributed by atoms with Crippen LogP contribution < -0.4 is 5.32 Å². The molecule has 1 aromatic rings. The Morgan fingerprint density at radius 3 is 2.47 bits per heavy atom. The number of nitrogens with zero attached hydrogens (tertiary/aromatic N) is 2. The first-order valence-electron chi connectivity index (χ1n) is 5.72. The Morgan fingerprint density at radius 2 is 2.00 bits per heavy atom. The van der Waals surface area contributed by atoms with Gasteiger partial charge in [-0.05, 0) is 7.05 Å². The maximum absolute atomic E-state index is 12.2. The molecule has 1 N–H and O–H groups in total. The highest BCUT2D eigenvalue weighted by Gasteiger charge is 2.26. The topological polar surface area (TPSA) is 45.2 Å². The van der Waals surface area contributed by atoms with E-state index in [1.807, 2.05) is 14.1 Å². The molecule has 1 aromatic heterocycles. The summed E-state index contributed by atoms with van der Waals surface area (Å²) in [6.45, 7) is 7.73. The largest absolute Gasteiger partial charge is 0.340 e. The number of amides is 1. The second-order valence-electron chi connectivity index (χ2n) is 5.11. The van der Waals surface area contributed by atoms with Crippen LogP contribution in [-0.4, -0.2) is 43.0 Å². The molecule has 0 aliphatic rings. The van der Waals surface area contributed by atoms with Gasteiger partial charge in [0, 0.05) is 25.6 Å². The number of hydrogen-bond donors (Lipinski definition) is 1. The predicted octanol–water partition coefficient (Wildman–Crippen LogP) is 2.58. The highest BCUT2D eigenvalue weighted by molar-refractivity contribution is 7.11. The Bertz CT molecular complexity index is 391. The fraction of sp³-hybridized carbons (Fsp3) is 0.667.